The average molecular weight is 568 g/mol. The first-order chi connectivity index (χ1) is 17.9. The molecular weight excluding hydrogens is 533 g/mol. The van der Waals surface area contributed by atoms with Gasteiger partial charge in [0.1, 0.15) is 12.4 Å². The monoisotopic (exact) mass is 567 g/mol. The van der Waals surface area contributed by atoms with Gasteiger partial charge < -0.3 is 20.6 Å². The van der Waals surface area contributed by atoms with Gasteiger partial charge >= 0.3 is 6.18 Å². The Morgan fingerprint density at radius 3 is 2.47 bits per heavy atom. The first-order valence-electron chi connectivity index (χ1n) is 12.0. The van der Waals surface area contributed by atoms with Gasteiger partial charge in [-0.1, -0.05) is 13.3 Å². The number of alkyl halides is 5. The molecule has 1 aliphatic heterocycles. The molecule has 0 aromatic carbocycles. The first-order valence-corrected chi connectivity index (χ1v) is 12.8. The van der Waals surface area contributed by atoms with Gasteiger partial charge in [-0.2, -0.15) is 13.2 Å². The number of thiazole rings is 1. The molecule has 38 heavy (non-hydrogen) atoms. The number of halogens is 5. The third kappa shape index (κ3) is 10.9. The van der Waals surface area contributed by atoms with Crippen LogP contribution < -0.4 is 10.6 Å². The summed E-state index contributed by atoms with van der Waals surface area (Å²) in [6, 6.07) is 1.36. The third-order valence-electron chi connectivity index (χ3n) is 5.35. The van der Waals surface area contributed by atoms with Gasteiger partial charge in [-0.05, 0) is 39.2 Å². The van der Waals surface area contributed by atoms with E-state index in [1.165, 1.54) is 19.9 Å². The van der Waals surface area contributed by atoms with Crippen LogP contribution in [0, 0.1) is 6.92 Å². The van der Waals surface area contributed by atoms with E-state index < -0.39 is 30.6 Å². The number of nitrogens with zero attached hydrogens (tertiary/aromatic N) is 3. The molecule has 0 bridgehead atoms. The normalized spacial score (nSPS) is 14.8. The van der Waals surface area contributed by atoms with Gasteiger partial charge in [0.2, 0.25) is 6.41 Å². The lowest BCUT2D eigenvalue weighted by Gasteiger charge is -2.13. The number of aliphatic hydroxyl groups is 1. The summed E-state index contributed by atoms with van der Waals surface area (Å²) >= 11 is 0.903. The Kier molecular flexibility index (Phi) is 14.1. The highest BCUT2D eigenvalue weighted by molar-refractivity contribution is 7.17. The van der Waals surface area contributed by atoms with Crippen LogP contribution in [0.3, 0.4) is 0 Å². The van der Waals surface area contributed by atoms with Crippen LogP contribution in [0.4, 0.5) is 27.8 Å². The largest absolute Gasteiger partial charge is 0.405 e. The zero-order valence-corrected chi connectivity index (χ0v) is 22.6. The van der Waals surface area contributed by atoms with E-state index in [1.54, 1.807) is 6.92 Å². The van der Waals surface area contributed by atoms with Crippen molar-refractivity contribution in [2.45, 2.75) is 65.1 Å². The second-order valence-corrected chi connectivity index (χ2v) is 9.35. The van der Waals surface area contributed by atoms with Crippen molar-refractivity contribution in [2.24, 2.45) is 0 Å². The van der Waals surface area contributed by atoms with Gasteiger partial charge in [-0.15, -0.1) is 11.3 Å². The minimum Gasteiger partial charge on any atom is -0.396 e. The van der Waals surface area contributed by atoms with Gasteiger partial charge in [0, 0.05) is 43.6 Å². The molecule has 3 N–H and O–H groups in total. The summed E-state index contributed by atoms with van der Waals surface area (Å²) in [7, 11) is 1.41. The quantitative estimate of drug-likeness (QED) is 0.299. The molecule has 1 unspecified atom stereocenters. The maximum atomic E-state index is 13.4. The van der Waals surface area contributed by atoms with E-state index in [-0.39, 0.29) is 16.4 Å². The lowest BCUT2D eigenvalue weighted by Crippen LogP contribution is -2.24. The van der Waals surface area contributed by atoms with E-state index in [0.717, 1.165) is 49.4 Å². The van der Waals surface area contributed by atoms with Gasteiger partial charge in [-0.25, -0.2) is 18.7 Å². The maximum absolute atomic E-state index is 13.4. The van der Waals surface area contributed by atoms with Gasteiger partial charge in [-0.3, -0.25) is 9.59 Å². The number of carbonyl (C=O) groups excluding carboxylic acids is 2. The lowest BCUT2D eigenvalue weighted by molar-refractivity contribution is -0.118. The summed E-state index contributed by atoms with van der Waals surface area (Å²) in [5.41, 5.74) is -0.115. The molecule has 1 atom stereocenters. The number of carbonyl (C=O) groups is 2. The maximum Gasteiger partial charge on any atom is 0.405 e. The summed E-state index contributed by atoms with van der Waals surface area (Å²) in [6.45, 7) is 5.60. The van der Waals surface area contributed by atoms with Crippen LogP contribution in [0.25, 0.3) is 10.4 Å². The van der Waals surface area contributed by atoms with Crippen molar-refractivity contribution in [3.8, 4) is 10.4 Å². The molecule has 0 aliphatic carbocycles. The van der Waals surface area contributed by atoms with Crippen LogP contribution in [0.15, 0.2) is 12.3 Å². The molecule has 3 rings (SSSR count). The lowest BCUT2D eigenvalue weighted by atomic mass is 10.1. The van der Waals surface area contributed by atoms with Crippen LogP contribution in [0.2, 0.25) is 0 Å². The fourth-order valence-corrected chi connectivity index (χ4v) is 4.29. The Bertz CT molecular complexity index is 1020. The molecule has 1 aliphatic rings. The zero-order valence-electron chi connectivity index (χ0n) is 21.7. The Balaban J connectivity index is 0.000000454. The highest BCUT2D eigenvalue weighted by atomic mass is 32.1. The van der Waals surface area contributed by atoms with Crippen molar-refractivity contribution >= 4 is 29.5 Å². The number of anilines is 1. The molecule has 8 nitrogen and oxygen atoms in total. The van der Waals surface area contributed by atoms with Crippen LogP contribution in [0.5, 0.6) is 0 Å². The summed E-state index contributed by atoms with van der Waals surface area (Å²) < 4.78 is 63.4. The molecule has 2 amide bonds. The Morgan fingerprint density at radius 2 is 2.05 bits per heavy atom. The van der Waals surface area contributed by atoms with E-state index in [0.29, 0.717) is 23.2 Å². The number of hydrogen-bond acceptors (Lipinski definition) is 7. The topological polar surface area (TPSA) is 107 Å². The molecule has 214 valence electrons. The Morgan fingerprint density at radius 1 is 1.37 bits per heavy atom. The number of pyridine rings is 1. The van der Waals surface area contributed by atoms with E-state index in [1.807, 2.05) is 10.2 Å². The first kappa shape index (κ1) is 33.2. The summed E-state index contributed by atoms with van der Waals surface area (Å²) in [4.78, 5) is 31.7. The standard InChI is InChI=1S/C14H13F5N4OS.C6H11NO.C4H10O/c1-6-10(25-13(23-6)12(24)20-2)8-4-21-9(3-7(8)11(15)16)22-5-14(17,18)19;1-6-3-2-4-7(6)5-8;1-2-3-4-5/h3-4,11H,5H2,1-2H3,(H,20,24)(H,21,22);5-6H,2-4H2,1H3;5H,2-4H2,1H3. The molecule has 3 heterocycles. The van der Waals surface area contributed by atoms with Crippen molar-refractivity contribution < 1.29 is 36.6 Å². The van der Waals surface area contributed by atoms with Crippen LogP contribution >= 0.6 is 11.3 Å². The molecule has 1 saturated heterocycles. The number of nitrogens with one attached hydrogen (secondary N) is 2. The fourth-order valence-electron chi connectivity index (χ4n) is 3.25. The number of unbranched alkanes of at least 4 members (excludes halogenated alkanes) is 1. The summed E-state index contributed by atoms with van der Waals surface area (Å²) in [6.07, 6.45) is -1.04. The average Bonchev–Trinajstić information content (AvgIpc) is 3.47. The van der Waals surface area contributed by atoms with E-state index >= 15 is 0 Å². The highest BCUT2D eigenvalue weighted by Gasteiger charge is 2.27. The van der Waals surface area contributed by atoms with Crippen LogP contribution in [-0.2, 0) is 4.79 Å². The SMILES string of the molecule is CC1CCCN1C=O.CCCCO.CNC(=O)c1nc(C)c(-c2cnc(NCC(F)(F)F)cc2C(F)F)s1. The van der Waals surface area contributed by atoms with Gasteiger partial charge in [0.15, 0.2) is 5.01 Å². The zero-order chi connectivity index (χ0) is 28.9. The number of hydrogen-bond donors (Lipinski definition) is 3. The second kappa shape index (κ2) is 16.2. The molecule has 14 heteroatoms. The molecule has 2 aromatic rings. The number of amides is 2. The molecule has 1 fully saturated rings. The number of aliphatic hydroxyl groups excluding tert-OH is 1. The molecule has 0 radical (unpaired) electrons. The van der Waals surface area contributed by atoms with Crippen molar-refractivity contribution in [3.63, 3.8) is 0 Å². The number of rotatable bonds is 8. The molecular formula is C24H34F5N5O3S. The molecule has 2 aromatic heterocycles. The van der Waals surface area contributed by atoms with Crippen LogP contribution in [-0.4, -0.2) is 71.3 Å². The van der Waals surface area contributed by atoms with Gasteiger partial charge in [0.25, 0.3) is 12.3 Å². The van der Waals surface area contributed by atoms with E-state index in [4.69, 9.17) is 5.11 Å². The molecule has 0 saturated carbocycles. The Labute approximate surface area is 222 Å². The minimum absolute atomic E-state index is 0.0257. The number of likely N-dealkylation sites (tertiary alicyclic amines) is 1. The van der Waals surface area contributed by atoms with Crippen LogP contribution in [0.1, 0.15) is 67.0 Å². The molecule has 0 spiro atoms. The predicted molar refractivity (Wildman–Crippen MR) is 136 cm³/mol. The second-order valence-electron chi connectivity index (χ2n) is 8.35. The number of aromatic nitrogens is 2. The van der Waals surface area contributed by atoms with E-state index in [2.05, 4.69) is 29.1 Å². The van der Waals surface area contributed by atoms with Crippen molar-refractivity contribution in [3.05, 3.63) is 28.5 Å². The summed E-state index contributed by atoms with van der Waals surface area (Å²) in [5.74, 6) is -0.778. The van der Waals surface area contributed by atoms with Crippen molar-refractivity contribution in [2.75, 3.05) is 32.1 Å². The smallest absolute Gasteiger partial charge is 0.396 e. The Hall–Kier alpha value is -2.87. The fraction of sp³-hybridized carbons (Fsp3) is 0.583. The van der Waals surface area contributed by atoms with Crippen molar-refractivity contribution in [1.29, 1.82) is 0 Å². The van der Waals surface area contributed by atoms with E-state index in [9.17, 15) is 31.5 Å². The summed E-state index contributed by atoms with van der Waals surface area (Å²) in [5, 5.41) is 12.5. The number of aryl methyl sites for hydroxylation is 1. The van der Waals surface area contributed by atoms with Gasteiger partial charge in [0.05, 0.1) is 10.6 Å². The third-order valence-corrected chi connectivity index (χ3v) is 6.54. The minimum atomic E-state index is -4.50. The highest BCUT2D eigenvalue weighted by Crippen LogP contribution is 2.37. The van der Waals surface area contributed by atoms with Crippen molar-refractivity contribution in [1.82, 2.24) is 20.2 Å². The predicted octanol–water partition coefficient (Wildman–Crippen LogP) is 5.19.